The molecule has 1 aliphatic heterocycles. The van der Waals surface area contributed by atoms with E-state index < -0.39 is 84.6 Å². The fourth-order valence-corrected chi connectivity index (χ4v) is 15.4. The maximum absolute atomic E-state index is 13.0. The lowest BCUT2D eigenvalue weighted by Gasteiger charge is -2.30. The predicted molar refractivity (Wildman–Crippen MR) is 335 cm³/mol. The van der Waals surface area contributed by atoms with E-state index in [9.17, 15) is 63.0 Å². The molecule has 0 radical (unpaired) electrons. The maximum atomic E-state index is 13.0. The Balaban J connectivity index is 1.27. The number of phosphoric acid groups is 3. The summed E-state index contributed by atoms with van der Waals surface area (Å²) in [5.41, 5.74) is 4.29. The van der Waals surface area contributed by atoms with Gasteiger partial charge in [-0.25, -0.2) is 28.6 Å². The Labute approximate surface area is 520 Å². The normalized spacial score (nSPS) is 21.3. The molecule has 87 heavy (non-hydrogen) atoms. The van der Waals surface area contributed by atoms with Crippen LogP contribution in [-0.2, 0) is 50.7 Å². The van der Waals surface area contributed by atoms with E-state index in [1.165, 1.54) is 104 Å². The summed E-state index contributed by atoms with van der Waals surface area (Å²) in [7, 11) is -16.5. The van der Waals surface area contributed by atoms with Crippen LogP contribution in [0.15, 0.2) is 12.7 Å². The Morgan fingerprint density at radius 1 is 0.736 bits per heavy atom. The first-order valence-electron chi connectivity index (χ1n) is 31.5. The number of carbonyl (C=O) groups is 3. The van der Waals surface area contributed by atoms with Crippen molar-refractivity contribution < 1.29 is 85.6 Å². The zero-order chi connectivity index (χ0) is 65.1. The summed E-state index contributed by atoms with van der Waals surface area (Å²) in [6.07, 6.45) is 17.4. The van der Waals surface area contributed by atoms with Gasteiger partial charge in [-0.1, -0.05) is 164 Å². The molecule has 25 nitrogen and oxygen atoms in total. The van der Waals surface area contributed by atoms with E-state index in [0.717, 1.165) is 67.5 Å². The molecular formula is C58H108N7O18P3S. The molecule has 3 heterocycles. The minimum absolute atomic E-state index is 0.0312. The molecule has 2 aromatic rings. The number of anilines is 1. The van der Waals surface area contributed by atoms with Crippen LogP contribution in [0, 0.1) is 46.8 Å². The quantitative estimate of drug-likeness (QED) is 0.0217. The van der Waals surface area contributed by atoms with E-state index in [2.05, 4.69) is 82.9 Å². The van der Waals surface area contributed by atoms with E-state index >= 15 is 0 Å². The van der Waals surface area contributed by atoms with Crippen LogP contribution in [-0.4, -0.2) is 134 Å². The third kappa shape index (κ3) is 30.7. The molecule has 29 heteroatoms. The number of nitrogen functional groups attached to an aromatic ring is 1. The molecule has 0 saturated carbocycles. The minimum Gasteiger partial charge on any atom is -0.393 e. The Bertz CT molecular complexity index is 2500. The number of phosphoric ester groups is 3. The highest BCUT2D eigenvalue weighted by Crippen LogP contribution is 2.61. The third-order valence-corrected chi connectivity index (χ3v) is 20.4. The van der Waals surface area contributed by atoms with Crippen LogP contribution < -0.4 is 16.4 Å². The van der Waals surface area contributed by atoms with Gasteiger partial charge >= 0.3 is 23.5 Å². The van der Waals surface area contributed by atoms with Crippen LogP contribution in [0.2, 0.25) is 0 Å². The summed E-state index contributed by atoms with van der Waals surface area (Å²) in [5, 5.41) is 37.8. The first-order chi connectivity index (χ1) is 40.7. The lowest BCUT2D eigenvalue weighted by atomic mass is 9.80. The number of aliphatic hydroxyl groups is 3. The van der Waals surface area contributed by atoms with E-state index in [0.29, 0.717) is 41.3 Å². The largest absolute Gasteiger partial charge is 0.481 e. The summed E-state index contributed by atoms with van der Waals surface area (Å²) in [5.74, 6) is 1.76. The lowest BCUT2D eigenvalue weighted by molar-refractivity contribution is -0.137. The number of ether oxygens (including phenoxy) is 1. The highest BCUT2D eigenvalue weighted by molar-refractivity contribution is 8.13. The fraction of sp³-hybridized carbons (Fsp3) is 0.862. The Kier molecular flexibility index (Phi) is 35.4. The second kappa shape index (κ2) is 39.2. The van der Waals surface area contributed by atoms with Gasteiger partial charge in [0.25, 0.3) is 0 Å². The van der Waals surface area contributed by atoms with Crippen molar-refractivity contribution in [3.63, 3.8) is 0 Å². The summed E-state index contributed by atoms with van der Waals surface area (Å²) in [4.78, 5) is 90.0. The molecule has 0 aromatic carbocycles. The summed E-state index contributed by atoms with van der Waals surface area (Å²) >= 11 is 1.16. The molecule has 0 bridgehead atoms. The highest BCUT2D eigenvalue weighted by Gasteiger charge is 2.50. The number of amides is 2. The number of fused-ring (bicyclic) bond motifs is 1. The van der Waals surface area contributed by atoms with Gasteiger partial charge in [0.05, 0.1) is 25.6 Å². The van der Waals surface area contributed by atoms with Gasteiger partial charge in [-0.2, -0.15) is 4.31 Å². The maximum Gasteiger partial charge on any atom is 0.481 e. The molecule has 2 unspecified atom stereocenters. The molecule has 1 aliphatic rings. The molecule has 2 aromatic heterocycles. The van der Waals surface area contributed by atoms with Crippen LogP contribution in [0.4, 0.5) is 5.82 Å². The number of hydrogen-bond donors (Lipinski definition) is 10. The van der Waals surface area contributed by atoms with Crippen LogP contribution in [0.5, 0.6) is 0 Å². The van der Waals surface area contributed by atoms with Crippen molar-refractivity contribution >= 4 is 69.1 Å². The molecule has 0 aliphatic carbocycles. The highest BCUT2D eigenvalue weighted by atomic mass is 32.2. The van der Waals surface area contributed by atoms with Crippen molar-refractivity contribution in [2.75, 3.05) is 37.8 Å². The molecule has 11 N–H and O–H groups in total. The number of imidazole rings is 1. The SMILES string of the molecule is CCCCCCCCCCCCCCC[C@@H](O)[C@H](C)C[C@H](C)C[C@H](C)C[C@H](C)C[C@H](C)C[C@H](C)C[C@H](C)C(=O)SCCNC(=O)CCNC(=O)[C@H](O)C(C)(C)COP(=O)(O)OP(=O)(O)OC[C@H]1O[C@@H](n2cnc3c(N)ncnc32)[C@H](O)[C@@H]1OP(=O)(O)O. The number of thioether (sulfide) groups is 1. The number of hydrogen-bond acceptors (Lipinski definition) is 19. The standard InChI is InChI=1S/C58H108N7O18P3S/c1-11-12-13-14-15-16-17-18-19-20-21-22-23-24-46(66)44(7)33-42(5)31-40(3)29-39(2)30-41(4)32-43(6)34-45(8)57(71)87-28-27-60-48(67)25-26-61-55(70)52(69)58(9,10)36-80-86(77,78)83-85(75,76)79-35-47-51(82-84(72,73)74)50(68)56(81-47)65-38-64-49-53(59)62-37-63-54(49)65/h37-47,50-52,56,66,68-69H,11-36H2,1-10H3,(H,60,67)(H,61,70)(H,75,76)(H,77,78)(H2,59,62,63)(H2,72,73,74)/t39-,40+,41-,42+,43-,44+,45-,46+,47+,50+,51+,52-,56+/m0/s1. The molecule has 0 spiro atoms. The fourth-order valence-electron chi connectivity index (χ4n) is 11.8. The number of aromatic nitrogens is 4. The van der Waals surface area contributed by atoms with Gasteiger partial charge in [0, 0.05) is 36.6 Å². The number of nitrogens with zero attached hydrogens (tertiary/aromatic N) is 4. The topological polar surface area (TPSA) is 384 Å². The number of carbonyl (C=O) groups excluding carboxylic acids is 3. The predicted octanol–water partition coefficient (Wildman–Crippen LogP) is 10.3. The summed E-state index contributed by atoms with van der Waals surface area (Å²) in [6.45, 7) is 18.5. The van der Waals surface area contributed by atoms with Crippen LogP contribution in [0.25, 0.3) is 11.2 Å². The number of unbranched alkanes of at least 4 members (excludes halogenated alkanes) is 12. The summed E-state index contributed by atoms with van der Waals surface area (Å²) in [6, 6.07) is 0. The smallest absolute Gasteiger partial charge is 0.393 e. The van der Waals surface area contributed by atoms with Crippen LogP contribution in [0.3, 0.4) is 0 Å². The third-order valence-electron chi connectivity index (χ3n) is 16.2. The van der Waals surface area contributed by atoms with Crippen molar-refractivity contribution in [1.82, 2.24) is 30.2 Å². The Morgan fingerprint density at radius 3 is 1.83 bits per heavy atom. The molecule has 1 saturated heterocycles. The summed E-state index contributed by atoms with van der Waals surface area (Å²) < 4.78 is 62.9. The molecule has 504 valence electrons. The second-order valence-electron chi connectivity index (χ2n) is 25.7. The van der Waals surface area contributed by atoms with Gasteiger partial charge in [-0.15, -0.1) is 0 Å². The van der Waals surface area contributed by atoms with Crippen molar-refractivity contribution in [1.29, 1.82) is 0 Å². The van der Waals surface area contributed by atoms with Gasteiger partial charge in [-0.3, -0.25) is 32.5 Å². The number of nitrogens with one attached hydrogen (secondary N) is 2. The average Bonchev–Trinajstić information content (AvgIpc) is 1.75. The van der Waals surface area contributed by atoms with Gasteiger partial charge in [-0.05, 0) is 80.5 Å². The van der Waals surface area contributed by atoms with Gasteiger partial charge in [0.15, 0.2) is 22.8 Å². The molecule has 1 fully saturated rings. The van der Waals surface area contributed by atoms with E-state index in [-0.39, 0.29) is 53.6 Å². The zero-order valence-corrected chi connectivity index (χ0v) is 56.8. The van der Waals surface area contributed by atoms with Crippen LogP contribution >= 0.6 is 35.2 Å². The first kappa shape index (κ1) is 78.8. The lowest BCUT2D eigenvalue weighted by Crippen LogP contribution is -2.46. The Hall–Kier alpha value is -2.48. The van der Waals surface area contributed by atoms with E-state index in [4.69, 9.17) is 19.5 Å². The van der Waals surface area contributed by atoms with Crippen LogP contribution in [0.1, 0.15) is 210 Å². The average molecular weight is 1320 g/mol. The number of nitrogens with two attached hydrogens (primary N) is 1. The van der Waals surface area contributed by atoms with Crippen molar-refractivity contribution in [2.24, 2.45) is 46.8 Å². The van der Waals surface area contributed by atoms with Crippen molar-refractivity contribution in [3.8, 4) is 0 Å². The monoisotopic (exact) mass is 1320 g/mol. The number of rotatable bonds is 47. The van der Waals surface area contributed by atoms with Gasteiger partial charge in [0.1, 0.15) is 36.3 Å². The van der Waals surface area contributed by atoms with Crippen molar-refractivity contribution in [3.05, 3.63) is 12.7 Å². The molecule has 3 rings (SSSR count). The van der Waals surface area contributed by atoms with E-state index in [1.54, 1.807) is 0 Å². The molecule has 15 atom stereocenters. The molecular weight excluding hydrogens is 1210 g/mol. The second-order valence-corrected chi connectivity index (χ2v) is 31.0. The van der Waals surface area contributed by atoms with Gasteiger partial charge < -0.3 is 56.0 Å². The zero-order valence-electron chi connectivity index (χ0n) is 53.3. The van der Waals surface area contributed by atoms with Gasteiger partial charge in [0.2, 0.25) is 11.8 Å². The van der Waals surface area contributed by atoms with Crippen molar-refractivity contribution in [2.45, 2.75) is 241 Å². The first-order valence-corrected chi connectivity index (χ1v) is 37.0. The number of aliphatic hydroxyl groups excluding tert-OH is 3. The Morgan fingerprint density at radius 2 is 1.26 bits per heavy atom. The molecule has 2 amide bonds. The van der Waals surface area contributed by atoms with E-state index in [1.807, 2.05) is 6.92 Å². The minimum atomic E-state index is -5.60.